The maximum Gasteiger partial charge on any atom is 2.00 e. The van der Waals surface area contributed by atoms with Crippen LogP contribution in [0.15, 0.2) is 0 Å². The molecular weight excluding hydrogens is 631 g/mol. The smallest absolute Gasteiger partial charge is 2.00 e. The van der Waals surface area contributed by atoms with Crippen LogP contribution in [0.25, 0.3) is 0 Å². The Morgan fingerprint density at radius 2 is 0.647 bits per heavy atom. The molecule has 214 valence electrons. The van der Waals surface area contributed by atoms with E-state index in [1.807, 2.05) is 0 Å². The Bertz CT molecular complexity index is 407. The van der Waals surface area contributed by atoms with Crippen molar-refractivity contribution in [3.05, 3.63) is 14.9 Å². The molecule has 0 aromatic heterocycles. The van der Waals surface area contributed by atoms with E-state index in [-0.39, 0.29) is 63.7 Å². The van der Waals surface area contributed by atoms with Gasteiger partial charge in [0.25, 0.3) is 0 Å². The van der Waals surface area contributed by atoms with Gasteiger partial charge in [0.15, 0.2) is 0 Å². The molecule has 0 atom stereocenters. The summed E-state index contributed by atoms with van der Waals surface area (Å²) in [4.78, 5) is 0. The van der Waals surface area contributed by atoms with E-state index < -0.39 is 0 Å². The third-order valence-corrected chi connectivity index (χ3v) is 16.0. The van der Waals surface area contributed by atoms with Crippen LogP contribution in [0.5, 0.6) is 0 Å². The quantitative estimate of drug-likeness (QED) is 0.153. The van der Waals surface area contributed by atoms with Gasteiger partial charge < -0.3 is 14.9 Å². The SMILES string of the molecule is CC(C)(C)[PH+](C1CCCC1)C(C)(C)C.CC(C)(C)[PH+](C1CCCC1)C(C)(C)C.[CH3-].[CH3-].[Cl][Pd][Cl].[Fe+2]. The summed E-state index contributed by atoms with van der Waals surface area (Å²) in [6.07, 6.45) is 12.0. The molecule has 0 spiro atoms. The van der Waals surface area contributed by atoms with Crippen LogP contribution in [-0.4, -0.2) is 31.9 Å². The molecule has 0 saturated heterocycles. The molecule has 0 amide bonds. The Kier molecular flexibility index (Phi) is 24.2. The average molecular weight is 694 g/mol. The second-order valence-electron chi connectivity index (χ2n) is 13.8. The predicted octanol–water partition coefficient (Wildman–Crippen LogP) is 11.8. The van der Waals surface area contributed by atoms with Crippen LogP contribution in [0, 0.1) is 14.9 Å². The standard InChI is InChI=1S/2C13H27P.2CH3.2ClH.Fe.Pd/c2*1-12(2,3)14(13(4,5)6)11-9-7-8-10-11;;;;;;/h2*11H,7-10H2,1-6H3;2*1H3;2*1H;;/q;;2*-1;;;2*+2. The molecule has 0 N–H and O–H groups in total. The fourth-order valence-corrected chi connectivity index (χ4v) is 18.5. The summed E-state index contributed by atoms with van der Waals surface area (Å²) in [7, 11) is 9.12. The van der Waals surface area contributed by atoms with Crippen molar-refractivity contribution >= 4 is 34.9 Å². The van der Waals surface area contributed by atoms with Gasteiger partial charge in [0.2, 0.25) is 0 Å². The van der Waals surface area contributed by atoms with Crippen molar-refractivity contribution in [3.8, 4) is 0 Å². The molecule has 0 aliphatic heterocycles. The second kappa shape index (κ2) is 18.8. The second-order valence-corrected chi connectivity index (χ2v) is 25.5. The molecule has 2 rings (SSSR count). The molecule has 2 aliphatic carbocycles. The Morgan fingerprint density at radius 3 is 0.765 bits per heavy atom. The normalized spacial score (nSPS) is 17.8. The zero-order chi connectivity index (χ0) is 24.7. The zero-order valence-electron chi connectivity index (χ0n) is 25.2. The van der Waals surface area contributed by atoms with Gasteiger partial charge in [-0.25, -0.2) is 0 Å². The molecule has 6 heteroatoms. The predicted molar refractivity (Wildman–Crippen MR) is 165 cm³/mol. The molecular formula is C28H62Cl2FeP2Pd+2. The third kappa shape index (κ3) is 16.6. The molecule has 0 unspecified atom stereocenters. The van der Waals surface area contributed by atoms with Crippen LogP contribution in [0.2, 0.25) is 0 Å². The maximum absolute atomic E-state index is 4.81. The average Bonchev–Trinajstić information content (AvgIpc) is 3.16. The van der Waals surface area contributed by atoms with Gasteiger partial charge in [0.05, 0.1) is 31.9 Å². The molecule has 2 aliphatic rings. The van der Waals surface area contributed by atoms with Gasteiger partial charge in [0.1, 0.15) is 0 Å². The minimum Gasteiger partial charge on any atom is 2.00 e. The monoisotopic (exact) mass is 692 g/mol. The molecule has 2 saturated carbocycles. The largest absolute Gasteiger partial charge is 2.00 e. The van der Waals surface area contributed by atoms with E-state index in [2.05, 4.69) is 83.1 Å². The van der Waals surface area contributed by atoms with Crippen molar-refractivity contribution < 1.29 is 33.0 Å². The van der Waals surface area contributed by atoms with E-state index in [9.17, 15) is 0 Å². The van der Waals surface area contributed by atoms with Crippen molar-refractivity contribution in [2.24, 2.45) is 0 Å². The first-order valence-electron chi connectivity index (χ1n) is 12.4. The summed E-state index contributed by atoms with van der Waals surface area (Å²) in [6.45, 7) is 29.6. The molecule has 0 nitrogen and oxygen atoms in total. The Balaban J connectivity index is -0.000000220. The van der Waals surface area contributed by atoms with Crippen LogP contribution < -0.4 is 0 Å². The number of hydrogen-bond acceptors (Lipinski definition) is 0. The fraction of sp³-hybridized carbons (Fsp3) is 0.929. The van der Waals surface area contributed by atoms with Crippen LogP contribution in [-0.2, 0) is 33.0 Å². The summed E-state index contributed by atoms with van der Waals surface area (Å²) in [5.74, 6) is 0. The van der Waals surface area contributed by atoms with Crippen LogP contribution in [0.4, 0.5) is 0 Å². The minimum absolute atomic E-state index is 0. The number of rotatable bonds is 2. The van der Waals surface area contributed by atoms with E-state index in [1.165, 1.54) is 51.4 Å². The molecule has 0 bridgehead atoms. The first-order valence-corrected chi connectivity index (χ1v) is 19.6. The summed E-state index contributed by atoms with van der Waals surface area (Å²) in [5, 5.41) is 2.27. The van der Waals surface area contributed by atoms with Gasteiger partial charge in [-0.3, -0.25) is 0 Å². The van der Waals surface area contributed by atoms with Crippen molar-refractivity contribution in [3.63, 3.8) is 0 Å². The summed E-state index contributed by atoms with van der Waals surface area (Å²) < 4.78 is 0. The first kappa shape index (κ1) is 43.7. The molecule has 0 aromatic rings. The molecule has 0 aromatic carbocycles. The van der Waals surface area contributed by atoms with Crippen LogP contribution >= 0.6 is 34.9 Å². The summed E-state index contributed by atoms with van der Waals surface area (Å²) >= 11 is -0.106. The fourth-order valence-electron chi connectivity index (χ4n) is 7.13. The first-order chi connectivity index (χ1) is 13.9. The van der Waals surface area contributed by atoms with Crippen LogP contribution in [0.1, 0.15) is 134 Å². The number of halogens is 2. The molecule has 0 heterocycles. The molecule has 34 heavy (non-hydrogen) atoms. The van der Waals surface area contributed by atoms with E-state index in [1.54, 1.807) is 0 Å². The van der Waals surface area contributed by atoms with E-state index >= 15 is 0 Å². The number of hydrogen-bond donors (Lipinski definition) is 0. The van der Waals surface area contributed by atoms with Crippen molar-refractivity contribution in [2.75, 3.05) is 0 Å². The van der Waals surface area contributed by atoms with Gasteiger partial charge in [-0.2, -0.15) is 0 Å². The third-order valence-electron chi connectivity index (χ3n) is 6.76. The van der Waals surface area contributed by atoms with Gasteiger partial charge >= 0.3 is 52.1 Å². The van der Waals surface area contributed by atoms with Gasteiger partial charge in [-0.05, 0) is 134 Å². The topological polar surface area (TPSA) is 0 Å². The molecule has 0 radical (unpaired) electrons. The minimum atomic E-state index is -0.253. The van der Waals surface area contributed by atoms with E-state index in [0.29, 0.717) is 20.6 Å². The van der Waals surface area contributed by atoms with E-state index in [0.717, 1.165) is 11.3 Å². The van der Waals surface area contributed by atoms with Crippen LogP contribution in [0.3, 0.4) is 0 Å². The van der Waals surface area contributed by atoms with Gasteiger partial charge in [0, 0.05) is 15.8 Å². The maximum atomic E-state index is 4.81. The van der Waals surface area contributed by atoms with E-state index in [4.69, 9.17) is 19.1 Å². The van der Waals surface area contributed by atoms with Crippen molar-refractivity contribution in [1.29, 1.82) is 0 Å². The van der Waals surface area contributed by atoms with Gasteiger partial charge in [-0.15, -0.1) is 0 Å². The van der Waals surface area contributed by atoms with Gasteiger partial charge in [-0.1, -0.05) is 0 Å². The summed E-state index contributed by atoms with van der Waals surface area (Å²) in [6, 6.07) is 0. The Labute approximate surface area is 247 Å². The van der Waals surface area contributed by atoms with Crippen molar-refractivity contribution in [2.45, 2.75) is 166 Å². The van der Waals surface area contributed by atoms with Crippen molar-refractivity contribution in [1.82, 2.24) is 0 Å². The Morgan fingerprint density at radius 1 is 0.500 bits per heavy atom. The zero-order valence-corrected chi connectivity index (χ0v) is 31.4. The summed E-state index contributed by atoms with van der Waals surface area (Å²) in [5.41, 5.74) is 2.17. The Hall–Kier alpha value is 2.62. The molecule has 2 fully saturated rings.